The molecular weight excluding hydrogens is 309 g/mol. The Bertz CT molecular complexity index is 796. The molecule has 0 bridgehead atoms. The molecule has 3 N–H and O–H groups in total. The summed E-state index contributed by atoms with van der Waals surface area (Å²) in [6, 6.07) is 12.5. The molecule has 1 aliphatic carbocycles. The summed E-state index contributed by atoms with van der Waals surface area (Å²) in [6.45, 7) is 0.372. The number of benzene rings is 2. The summed E-state index contributed by atoms with van der Waals surface area (Å²) in [5, 5.41) is 3.34. The van der Waals surface area contributed by atoms with Crippen molar-refractivity contribution in [2.24, 2.45) is 5.73 Å². The number of carbonyl (C=O) groups excluding carboxylic acids is 1. The average Bonchev–Trinajstić information content (AvgIpc) is 2.96. The highest BCUT2D eigenvalue weighted by Crippen LogP contribution is 2.34. The van der Waals surface area contributed by atoms with E-state index >= 15 is 0 Å². The molecule has 5 nitrogen and oxygen atoms in total. The molecule has 0 fully saturated rings. The van der Waals surface area contributed by atoms with Crippen LogP contribution in [-0.4, -0.2) is 12.4 Å². The van der Waals surface area contributed by atoms with Crippen molar-refractivity contribution in [2.45, 2.75) is 31.8 Å². The molecular formula is C18H17FN3O2. The zero-order chi connectivity index (χ0) is 16.7. The van der Waals surface area contributed by atoms with Gasteiger partial charge < -0.3 is 10.5 Å². The second-order valence-electron chi connectivity index (χ2n) is 6.03. The van der Waals surface area contributed by atoms with Crippen LogP contribution in [0.25, 0.3) is 0 Å². The minimum absolute atomic E-state index is 0.00993. The molecule has 2 amide bonds. The van der Waals surface area contributed by atoms with Crippen LogP contribution in [0.1, 0.15) is 29.2 Å². The number of aryl methyl sites for hydroxylation is 1. The van der Waals surface area contributed by atoms with Crippen molar-refractivity contribution in [2.75, 3.05) is 4.90 Å². The first-order valence-electron chi connectivity index (χ1n) is 7.87. The fourth-order valence-electron chi connectivity index (χ4n) is 3.47. The predicted molar refractivity (Wildman–Crippen MR) is 86.5 cm³/mol. The fraction of sp³-hybridized carbons (Fsp3) is 0.278. The van der Waals surface area contributed by atoms with Gasteiger partial charge in [-0.25, -0.2) is 9.18 Å². The van der Waals surface area contributed by atoms with E-state index < -0.39 is 12.4 Å². The van der Waals surface area contributed by atoms with Gasteiger partial charge >= 0.3 is 6.03 Å². The van der Waals surface area contributed by atoms with Gasteiger partial charge in [-0.3, -0.25) is 10.2 Å². The number of nitrogens with two attached hydrogens (primary N) is 1. The molecule has 2 unspecified atom stereocenters. The highest BCUT2D eigenvalue weighted by Gasteiger charge is 2.34. The van der Waals surface area contributed by atoms with Gasteiger partial charge in [-0.2, -0.15) is 0 Å². The lowest BCUT2D eigenvalue weighted by Crippen LogP contribution is -2.55. The van der Waals surface area contributed by atoms with Crippen molar-refractivity contribution in [3.05, 3.63) is 65.0 Å². The Labute approximate surface area is 139 Å². The van der Waals surface area contributed by atoms with E-state index in [1.54, 1.807) is 30.3 Å². The minimum atomic E-state index is -0.654. The van der Waals surface area contributed by atoms with Crippen LogP contribution in [0, 0.1) is 11.9 Å². The van der Waals surface area contributed by atoms with E-state index in [-0.39, 0.29) is 11.9 Å². The summed E-state index contributed by atoms with van der Waals surface area (Å²) >= 11 is 0. The number of hydrogen-bond donors (Lipinski definition) is 2. The van der Waals surface area contributed by atoms with Gasteiger partial charge in [-0.1, -0.05) is 12.1 Å². The van der Waals surface area contributed by atoms with Crippen molar-refractivity contribution >= 4 is 11.7 Å². The van der Waals surface area contributed by atoms with Crippen LogP contribution in [0.5, 0.6) is 0 Å². The average molecular weight is 326 g/mol. The van der Waals surface area contributed by atoms with Gasteiger partial charge in [-0.15, -0.1) is 0 Å². The zero-order valence-corrected chi connectivity index (χ0v) is 13.0. The van der Waals surface area contributed by atoms with E-state index in [9.17, 15) is 9.18 Å². The van der Waals surface area contributed by atoms with E-state index in [0.717, 1.165) is 35.2 Å². The Hall–Kier alpha value is -2.44. The van der Waals surface area contributed by atoms with Crippen LogP contribution < -0.4 is 16.0 Å². The van der Waals surface area contributed by atoms with Gasteiger partial charge in [0.2, 0.25) is 0 Å². The molecule has 0 aromatic heterocycles. The van der Waals surface area contributed by atoms with Crippen molar-refractivity contribution in [1.29, 1.82) is 0 Å². The molecule has 2 aromatic carbocycles. The lowest BCUT2D eigenvalue weighted by molar-refractivity contribution is 0.00412. The smallest absolute Gasteiger partial charge is 0.322 e. The zero-order valence-electron chi connectivity index (χ0n) is 13.0. The van der Waals surface area contributed by atoms with E-state index in [4.69, 9.17) is 10.5 Å². The number of fused-ring (bicyclic) bond motifs is 2. The monoisotopic (exact) mass is 326 g/mol. The van der Waals surface area contributed by atoms with Crippen LogP contribution in [-0.2, 0) is 17.8 Å². The van der Waals surface area contributed by atoms with E-state index in [0.29, 0.717) is 6.61 Å². The van der Waals surface area contributed by atoms with Crippen LogP contribution in [0.3, 0.4) is 0 Å². The van der Waals surface area contributed by atoms with Gasteiger partial charge in [-0.05, 0) is 54.3 Å². The summed E-state index contributed by atoms with van der Waals surface area (Å²) in [5.74, 6) is -0.229. The first kappa shape index (κ1) is 15.1. The number of ether oxygens (including phenoxy) is 1. The van der Waals surface area contributed by atoms with Gasteiger partial charge in [0.15, 0.2) is 6.35 Å². The number of amides is 2. The fourth-order valence-corrected chi connectivity index (χ4v) is 3.47. The highest BCUT2D eigenvalue weighted by atomic mass is 19.1. The van der Waals surface area contributed by atoms with Gasteiger partial charge in [0.25, 0.3) is 0 Å². The molecule has 0 spiro atoms. The third-order valence-corrected chi connectivity index (χ3v) is 4.58. The van der Waals surface area contributed by atoms with Crippen molar-refractivity contribution in [3.63, 3.8) is 0 Å². The van der Waals surface area contributed by atoms with Crippen LogP contribution in [0.2, 0.25) is 0 Å². The summed E-state index contributed by atoms with van der Waals surface area (Å²) in [5.41, 5.74) is 9.19. The molecule has 2 aromatic rings. The number of nitrogens with one attached hydrogen (secondary N) is 1. The number of rotatable bonds is 2. The molecule has 1 aliphatic heterocycles. The molecule has 0 saturated heterocycles. The SMILES string of the molecule is NC(=O)N1c2cc[c]cc2COC1NC1CCc2cc(F)ccc21. The number of nitrogens with zero attached hydrogens (tertiary/aromatic N) is 1. The minimum Gasteiger partial charge on any atom is -0.351 e. The first-order valence-corrected chi connectivity index (χ1v) is 7.87. The Balaban J connectivity index is 1.61. The second kappa shape index (κ2) is 5.89. The third kappa shape index (κ3) is 2.53. The lowest BCUT2D eigenvalue weighted by Gasteiger charge is -2.37. The maximum absolute atomic E-state index is 13.4. The van der Waals surface area contributed by atoms with Gasteiger partial charge in [0, 0.05) is 11.6 Å². The molecule has 0 saturated carbocycles. The Kier molecular flexibility index (Phi) is 3.70. The number of carbonyl (C=O) groups is 1. The quantitative estimate of drug-likeness (QED) is 0.891. The number of primary amides is 1. The standard InChI is InChI=1S/C18H17FN3O2/c19-13-6-7-14-11(9-13)5-8-15(14)21-18-22(17(20)23)16-4-2-1-3-12(16)10-24-18/h2-4,6-7,9,15,18,21H,5,8,10H2,(H2,20,23). The maximum atomic E-state index is 13.4. The third-order valence-electron chi connectivity index (χ3n) is 4.58. The molecule has 4 rings (SSSR count). The summed E-state index contributed by atoms with van der Waals surface area (Å²) in [4.78, 5) is 13.4. The second-order valence-corrected chi connectivity index (χ2v) is 6.03. The Morgan fingerprint density at radius 1 is 1.38 bits per heavy atom. The first-order chi connectivity index (χ1) is 11.6. The van der Waals surface area contributed by atoms with E-state index in [1.165, 1.54) is 11.0 Å². The molecule has 123 valence electrons. The van der Waals surface area contributed by atoms with Gasteiger partial charge in [0.05, 0.1) is 12.3 Å². The van der Waals surface area contributed by atoms with Crippen LogP contribution in [0.15, 0.2) is 36.4 Å². The molecule has 2 atom stereocenters. The largest absolute Gasteiger partial charge is 0.351 e. The van der Waals surface area contributed by atoms with Crippen molar-refractivity contribution < 1.29 is 13.9 Å². The van der Waals surface area contributed by atoms with Crippen LogP contribution in [0.4, 0.5) is 14.9 Å². The molecule has 6 heteroatoms. The Morgan fingerprint density at radius 3 is 3.08 bits per heavy atom. The number of urea groups is 1. The summed E-state index contributed by atoms with van der Waals surface area (Å²) in [7, 11) is 0. The normalized spacial score (nSPS) is 22.1. The molecule has 2 aliphatic rings. The molecule has 24 heavy (non-hydrogen) atoms. The number of halogens is 1. The maximum Gasteiger partial charge on any atom is 0.322 e. The lowest BCUT2D eigenvalue weighted by atomic mass is 10.1. The number of anilines is 1. The van der Waals surface area contributed by atoms with Crippen molar-refractivity contribution in [1.82, 2.24) is 5.32 Å². The van der Waals surface area contributed by atoms with E-state index in [2.05, 4.69) is 11.4 Å². The number of hydrogen-bond acceptors (Lipinski definition) is 3. The summed E-state index contributed by atoms with van der Waals surface area (Å²) in [6.07, 6.45) is 0.957. The predicted octanol–water partition coefficient (Wildman–Crippen LogP) is 2.60. The molecule has 1 heterocycles. The van der Waals surface area contributed by atoms with E-state index in [1.807, 2.05) is 0 Å². The molecule has 1 radical (unpaired) electrons. The Morgan fingerprint density at radius 2 is 2.25 bits per heavy atom. The van der Waals surface area contributed by atoms with Crippen LogP contribution >= 0.6 is 0 Å². The van der Waals surface area contributed by atoms with Crippen molar-refractivity contribution in [3.8, 4) is 0 Å². The highest BCUT2D eigenvalue weighted by molar-refractivity contribution is 5.92. The van der Waals surface area contributed by atoms with Gasteiger partial charge in [0.1, 0.15) is 5.82 Å². The topological polar surface area (TPSA) is 67.6 Å². The summed E-state index contributed by atoms with van der Waals surface area (Å²) < 4.78 is 19.2.